The SMILES string of the molecule is C=CC(F)N(CC(=O)O)CC(=O)O. The highest BCUT2D eigenvalue weighted by atomic mass is 19.1. The van der Waals surface area contributed by atoms with E-state index in [-0.39, 0.29) is 0 Å². The van der Waals surface area contributed by atoms with E-state index in [4.69, 9.17) is 10.2 Å². The molecule has 74 valence electrons. The molecule has 0 aromatic heterocycles. The van der Waals surface area contributed by atoms with Crippen molar-refractivity contribution in [2.24, 2.45) is 0 Å². The molecule has 0 rings (SSSR count). The van der Waals surface area contributed by atoms with Crippen LogP contribution >= 0.6 is 0 Å². The minimum Gasteiger partial charge on any atom is -0.480 e. The Labute approximate surface area is 74.1 Å². The molecule has 0 radical (unpaired) electrons. The first kappa shape index (κ1) is 11.6. The fourth-order valence-corrected chi connectivity index (χ4v) is 0.727. The van der Waals surface area contributed by atoms with Crippen LogP contribution in [0.3, 0.4) is 0 Å². The molecule has 2 N–H and O–H groups in total. The van der Waals surface area contributed by atoms with Crippen LogP contribution in [0.1, 0.15) is 0 Å². The zero-order chi connectivity index (χ0) is 10.4. The maximum Gasteiger partial charge on any atom is 0.317 e. The molecule has 0 amide bonds. The molecule has 13 heavy (non-hydrogen) atoms. The topological polar surface area (TPSA) is 77.8 Å². The molecular formula is C7H10FNO4. The molecular weight excluding hydrogens is 181 g/mol. The minimum absolute atomic E-state index is 0.637. The van der Waals surface area contributed by atoms with Gasteiger partial charge in [0.25, 0.3) is 0 Å². The van der Waals surface area contributed by atoms with Gasteiger partial charge in [-0.2, -0.15) is 0 Å². The average Bonchev–Trinajstić information content (AvgIpc) is 2.00. The molecule has 0 saturated carbocycles. The van der Waals surface area contributed by atoms with Crippen molar-refractivity contribution >= 4 is 11.9 Å². The van der Waals surface area contributed by atoms with Crippen LogP contribution in [-0.2, 0) is 9.59 Å². The zero-order valence-electron chi connectivity index (χ0n) is 6.81. The van der Waals surface area contributed by atoms with Crippen LogP contribution in [0.5, 0.6) is 0 Å². The summed E-state index contributed by atoms with van der Waals surface area (Å²) in [4.78, 5) is 21.0. The number of alkyl halides is 1. The quantitative estimate of drug-likeness (QED) is 0.454. The van der Waals surface area contributed by atoms with Gasteiger partial charge in [0.2, 0.25) is 0 Å². The lowest BCUT2D eigenvalue weighted by Crippen LogP contribution is -2.39. The second-order valence-electron chi connectivity index (χ2n) is 2.30. The van der Waals surface area contributed by atoms with Gasteiger partial charge in [-0.25, -0.2) is 9.29 Å². The lowest BCUT2D eigenvalue weighted by molar-refractivity contribution is -0.143. The van der Waals surface area contributed by atoms with Gasteiger partial charge in [0.1, 0.15) is 0 Å². The molecule has 0 bridgehead atoms. The molecule has 6 heteroatoms. The van der Waals surface area contributed by atoms with E-state index in [1.165, 1.54) is 0 Å². The van der Waals surface area contributed by atoms with Crippen LogP contribution in [-0.4, -0.2) is 46.4 Å². The molecule has 0 aliphatic heterocycles. The van der Waals surface area contributed by atoms with Crippen LogP contribution in [0.15, 0.2) is 12.7 Å². The van der Waals surface area contributed by atoms with Gasteiger partial charge >= 0.3 is 11.9 Å². The largest absolute Gasteiger partial charge is 0.480 e. The van der Waals surface area contributed by atoms with E-state index in [9.17, 15) is 14.0 Å². The van der Waals surface area contributed by atoms with E-state index in [0.717, 1.165) is 6.08 Å². The van der Waals surface area contributed by atoms with Crippen molar-refractivity contribution in [3.63, 3.8) is 0 Å². The summed E-state index contributed by atoms with van der Waals surface area (Å²) in [5, 5.41) is 16.6. The summed E-state index contributed by atoms with van der Waals surface area (Å²) < 4.78 is 12.8. The molecule has 0 fully saturated rings. The summed E-state index contributed by atoms with van der Waals surface area (Å²) in [6.07, 6.45) is -0.918. The molecule has 5 nitrogen and oxygen atoms in total. The number of hydrogen-bond acceptors (Lipinski definition) is 3. The van der Waals surface area contributed by atoms with Crippen molar-refractivity contribution in [3.8, 4) is 0 Å². The second kappa shape index (κ2) is 5.26. The average molecular weight is 191 g/mol. The fraction of sp³-hybridized carbons (Fsp3) is 0.429. The van der Waals surface area contributed by atoms with Gasteiger partial charge in [-0.15, -0.1) is 0 Å². The molecule has 0 aliphatic carbocycles. The number of aliphatic carboxylic acids is 2. The standard InChI is InChI=1S/C7H10FNO4/c1-2-5(8)9(3-6(10)11)4-7(12)13/h2,5H,1,3-4H2,(H,10,11)(H,12,13). The normalized spacial score (nSPS) is 12.5. The monoisotopic (exact) mass is 191 g/mol. The number of rotatable bonds is 6. The van der Waals surface area contributed by atoms with Crippen molar-refractivity contribution < 1.29 is 24.2 Å². The Morgan fingerprint density at radius 3 is 2.00 bits per heavy atom. The van der Waals surface area contributed by atoms with E-state index in [0.29, 0.717) is 4.90 Å². The van der Waals surface area contributed by atoms with Crippen molar-refractivity contribution in [2.45, 2.75) is 6.30 Å². The molecule has 0 heterocycles. The molecule has 1 unspecified atom stereocenters. The highest BCUT2D eigenvalue weighted by molar-refractivity contribution is 5.72. The van der Waals surface area contributed by atoms with Gasteiger partial charge in [0, 0.05) is 0 Å². The van der Waals surface area contributed by atoms with Crippen molar-refractivity contribution in [1.29, 1.82) is 0 Å². The summed E-state index contributed by atoms with van der Waals surface area (Å²) in [5.74, 6) is -2.57. The summed E-state index contributed by atoms with van der Waals surface area (Å²) in [5.41, 5.74) is 0. The number of nitrogens with zero attached hydrogens (tertiary/aromatic N) is 1. The number of hydrogen-bond donors (Lipinski definition) is 2. The lowest BCUT2D eigenvalue weighted by atomic mass is 10.4. The number of carboxylic acids is 2. The van der Waals surface area contributed by atoms with Crippen molar-refractivity contribution in [1.82, 2.24) is 4.90 Å². The third-order valence-corrected chi connectivity index (χ3v) is 1.22. The summed E-state index contributed by atoms with van der Waals surface area (Å²) >= 11 is 0. The highest BCUT2D eigenvalue weighted by Gasteiger charge is 2.19. The molecule has 1 atom stereocenters. The maximum absolute atomic E-state index is 12.8. The predicted octanol–water partition coefficient (Wildman–Crippen LogP) is -0.0608. The molecule has 0 spiro atoms. The Morgan fingerprint density at radius 1 is 1.38 bits per heavy atom. The van der Waals surface area contributed by atoms with Gasteiger partial charge in [0.05, 0.1) is 13.1 Å². The number of carboxylic acid groups (broad SMARTS) is 2. The van der Waals surface area contributed by atoms with Crippen LogP contribution in [0, 0.1) is 0 Å². The molecule has 0 aromatic carbocycles. The summed E-state index contributed by atoms with van der Waals surface area (Å²) in [6.45, 7) is 1.76. The summed E-state index contributed by atoms with van der Waals surface area (Å²) in [7, 11) is 0. The van der Waals surface area contributed by atoms with Gasteiger partial charge in [0.15, 0.2) is 6.30 Å². The number of halogens is 1. The first-order chi connectivity index (χ1) is 5.97. The first-order valence-corrected chi connectivity index (χ1v) is 3.41. The van der Waals surface area contributed by atoms with E-state index in [2.05, 4.69) is 6.58 Å². The molecule has 0 aliphatic rings. The second-order valence-corrected chi connectivity index (χ2v) is 2.30. The third-order valence-electron chi connectivity index (χ3n) is 1.22. The summed E-state index contributed by atoms with van der Waals surface area (Å²) in [6, 6.07) is 0. The van der Waals surface area contributed by atoms with E-state index in [1.807, 2.05) is 0 Å². The van der Waals surface area contributed by atoms with Crippen LogP contribution < -0.4 is 0 Å². The van der Waals surface area contributed by atoms with Crippen molar-refractivity contribution in [3.05, 3.63) is 12.7 Å². The Morgan fingerprint density at radius 2 is 1.77 bits per heavy atom. The van der Waals surface area contributed by atoms with Crippen LogP contribution in [0.2, 0.25) is 0 Å². The van der Waals surface area contributed by atoms with Crippen molar-refractivity contribution in [2.75, 3.05) is 13.1 Å². The fourth-order valence-electron chi connectivity index (χ4n) is 0.727. The third kappa shape index (κ3) is 4.91. The van der Waals surface area contributed by atoms with E-state index in [1.54, 1.807) is 0 Å². The predicted molar refractivity (Wildman–Crippen MR) is 41.9 cm³/mol. The maximum atomic E-state index is 12.8. The van der Waals surface area contributed by atoms with Gasteiger partial charge in [-0.3, -0.25) is 9.59 Å². The smallest absolute Gasteiger partial charge is 0.317 e. The Hall–Kier alpha value is -1.43. The first-order valence-electron chi connectivity index (χ1n) is 3.41. The van der Waals surface area contributed by atoms with E-state index >= 15 is 0 Å². The Balaban J connectivity index is 4.25. The van der Waals surface area contributed by atoms with Crippen LogP contribution in [0.25, 0.3) is 0 Å². The molecule has 0 saturated heterocycles. The van der Waals surface area contributed by atoms with E-state index < -0.39 is 31.3 Å². The Bertz CT molecular complexity index is 203. The zero-order valence-corrected chi connectivity index (χ0v) is 6.81. The van der Waals surface area contributed by atoms with Gasteiger partial charge < -0.3 is 10.2 Å². The van der Waals surface area contributed by atoms with Crippen LogP contribution in [0.4, 0.5) is 4.39 Å². The highest BCUT2D eigenvalue weighted by Crippen LogP contribution is 2.01. The Kier molecular flexibility index (Phi) is 4.68. The lowest BCUT2D eigenvalue weighted by Gasteiger charge is -2.19. The van der Waals surface area contributed by atoms with Gasteiger partial charge in [-0.05, 0) is 6.08 Å². The number of carbonyl (C=O) groups is 2. The minimum atomic E-state index is -1.76. The molecule has 0 aromatic rings. The van der Waals surface area contributed by atoms with Gasteiger partial charge in [-0.1, -0.05) is 6.58 Å².